The van der Waals surface area contributed by atoms with Gasteiger partial charge in [-0.3, -0.25) is 0 Å². The average Bonchev–Trinajstić information content (AvgIpc) is 2.82. The summed E-state index contributed by atoms with van der Waals surface area (Å²) in [5.74, 6) is 1.42. The van der Waals surface area contributed by atoms with Crippen molar-refractivity contribution in [1.29, 1.82) is 0 Å². The number of benzene rings is 2. The van der Waals surface area contributed by atoms with Crippen molar-refractivity contribution >= 4 is 0 Å². The van der Waals surface area contributed by atoms with Crippen LogP contribution >= 0.6 is 0 Å². The van der Waals surface area contributed by atoms with E-state index in [1.54, 1.807) is 6.07 Å². The van der Waals surface area contributed by atoms with Gasteiger partial charge in [-0.25, -0.2) is 4.39 Å². The van der Waals surface area contributed by atoms with E-state index in [9.17, 15) is 4.39 Å². The molecule has 34 heavy (non-hydrogen) atoms. The van der Waals surface area contributed by atoms with E-state index >= 15 is 0 Å². The molecule has 2 aromatic carbocycles. The zero-order valence-corrected chi connectivity index (χ0v) is 21.7. The first-order valence-electron chi connectivity index (χ1n) is 12.9. The normalized spacial score (nSPS) is 18.6. The smallest absolute Gasteiger partial charge is 0.126 e. The molecular weight excluding hydrogens is 427 g/mol. The van der Waals surface area contributed by atoms with E-state index in [2.05, 4.69) is 68.7 Å². The SMILES string of the molecule is CC(C)N1CCC(Oc2cccc(F)c2)CC1.Cc1ccc(OC2CCN(C(C)C)CC2)cc1. The van der Waals surface area contributed by atoms with Crippen molar-refractivity contribution in [2.75, 3.05) is 26.2 Å². The maximum absolute atomic E-state index is 13.0. The minimum absolute atomic E-state index is 0.229. The molecule has 0 saturated carbocycles. The summed E-state index contributed by atoms with van der Waals surface area (Å²) in [7, 11) is 0. The molecular formula is C29H43FN2O2. The maximum Gasteiger partial charge on any atom is 0.126 e. The van der Waals surface area contributed by atoms with Gasteiger partial charge in [0.05, 0.1) is 0 Å². The summed E-state index contributed by atoms with van der Waals surface area (Å²) in [5, 5.41) is 0. The summed E-state index contributed by atoms with van der Waals surface area (Å²) in [6.07, 6.45) is 4.96. The van der Waals surface area contributed by atoms with E-state index in [1.165, 1.54) is 17.7 Å². The van der Waals surface area contributed by atoms with Gasteiger partial charge in [-0.05, 0) is 84.6 Å². The van der Waals surface area contributed by atoms with Crippen LogP contribution in [0.1, 0.15) is 58.9 Å². The molecule has 5 heteroatoms. The van der Waals surface area contributed by atoms with Crippen LogP contribution < -0.4 is 9.47 Å². The molecule has 188 valence electrons. The lowest BCUT2D eigenvalue weighted by molar-refractivity contribution is 0.0840. The predicted molar refractivity (Wildman–Crippen MR) is 138 cm³/mol. The Labute approximate surface area is 206 Å². The molecule has 0 atom stereocenters. The van der Waals surface area contributed by atoms with Crippen molar-refractivity contribution in [3.63, 3.8) is 0 Å². The van der Waals surface area contributed by atoms with Gasteiger partial charge >= 0.3 is 0 Å². The molecule has 2 aliphatic rings. The molecule has 0 unspecified atom stereocenters. The second-order valence-electron chi connectivity index (χ2n) is 10.2. The molecule has 4 nitrogen and oxygen atoms in total. The summed E-state index contributed by atoms with van der Waals surface area (Å²) in [6.45, 7) is 15.5. The number of piperidine rings is 2. The number of nitrogens with zero attached hydrogens (tertiary/aromatic N) is 2. The highest BCUT2D eigenvalue weighted by molar-refractivity contribution is 5.26. The van der Waals surface area contributed by atoms with Crippen LogP contribution in [0.15, 0.2) is 48.5 Å². The summed E-state index contributed by atoms with van der Waals surface area (Å²) in [6, 6.07) is 16.0. The summed E-state index contributed by atoms with van der Waals surface area (Å²) < 4.78 is 24.8. The number of ether oxygens (including phenoxy) is 2. The quantitative estimate of drug-likeness (QED) is 0.493. The molecule has 2 saturated heterocycles. The van der Waals surface area contributed by atoms with Gasteiger partial charge in [-0.15, -0.1) is 0 Å². The minimum atomic E-state index is -0.234. The highest BCUT2D eigenvalue weighted by Crippen LogP contribution is 2.21. The monoisotopic (exact) mass is 470 g/mol. The second kappa shape index (κ2) is 13.1. The van der Waals surface area contributed by atoms with Crippen LogP contribution in [0.4, 0.5) is 4.39 Å². The molecule has 0 N–H and O–H groups in total. The van der Waals surface area contributed by atoms with Crippen molar-refractivity contribution in [3.05, 3.63) is 59.9 Å². The van der Waals surface area contributed by atoms with Crippen molar-refractivity contribution in [2.45, 2.75) is 84.6 Å². The number of halogens is 1. The van der Waals surface area contributed by atoms with Crippen LogP contribution in [-0.2, 0) is 0 Å². The molecule has 2 fully saturated rings. The fourth-order valence-corrected chi connectivity index (χ4v) is 4.56. The zero-order valence-electron chi connectivity index (χ0n) is 21.7. The summed E-state index contributed by atoms with van der Waals surface area (Å²) >= 11 is 0. The highest BCUT2D eigenvalue weighted by Gasteiger charge is 2.23. The van der Waals surface area contributed by atoms with E-state index < -0.39 is 0 Å². The Balaban J connectivity index is 0.000000191. The van der Waals surface area contributed by atoms with Crippen LogP contribution in [-0.4, -0.2) is 60.3 Å². The van der Waals surface area contributed by atoms with Crippen LogP contribution in [0, 0.1) is 12.7 Å². The van der Waals surface area contributed by atoms with Gasteiger partial charge in [0, 0.05) is 44.3 Å². The molecule has 4 rings (SSSR count). The lowest BCUT2D eigenvalue weighted by Gasteiger charge is -2.34. The molecule has 0 radical (unpaired) electrons. The first-order chi connectivity index (χ1) is 16.3. The third-order valence-electron chi connectivity index (χ3n) is 6.84. The molecule has 0 aromatic heterocycles. The van der Waals surface area contributed by atoms with Crippen LogP contribution in [0.3, 0.4) is 0 Å². The van der Waals surface area contributed by atoms with E-state index in [0.717, 1.165) is 57.6 Å². The highest BCUT2D eigenvalue weighted by atomic mass is 19.1. The average molecular weight is 471 g/mol. The van der Waals surface area contributed by atoms with Gasteiger partial charge in [0.15, 0.2) is 0 Å². The third kappa shape index (κ3) is 8.59. The zero-order chi connectivity index (χ0) is 24.5. The number of rotatable bonds is 6. The number of aryl methyl sites for hydroxylation is 1. The van der Waals surface area contributed by atoms with E-state index in [1.807, 2.05) is 6.07 Å². The molecule has 2 heterocycles. The van der Waals surface area contributed by atoms with Gasteiger partial charge in [0.25, 0.3) is 0 Å². The number of hydrogen-bond donors (Lipinski definition) is 0. The Hall–Kier alpha value is -2.11. The molecule has 2 aromatic rings. The Morgan fingerprint density at radius 1 is 0.706 bits per heavy atom. The van der Waals surface area contributed by atoms with Gasteiger partial charge in [0.1, 0.15) is 29.5 Å². The maximum atomic E-state index is 13.0. The van der Waals surface area contributed by atoms with Crippen molar-refractivity contribution in [1.82, 2.24) is 9.80 Å². The van der Waals surface area contributed by atoms with Crippen LogP contribution in [0.25, 0.3) is 0 Å². The van der Waals surface area contributed by atoms with Gasteiger partial charge in [0.2, 0.25) is 0 Å². The van der Waals surface area contributed by atoms with Gasteiger partial charge < -0.3 is 19.3 Å². The predicted octanol–water partition coefficient (Wildman–Crippen LogP) is 6.32. The first kappa shape index (κ1) is 26.5. The minimum Gasteiger partial charge on any atom is -0.490 e. The van der Waals surface area contributed by atoms with E-state index in [0.29, 0.717) is 23.9 Å². The molecule has 0 bridgehead atoms. The molecule has 0 amide bonds. The van der Waals surface area contributed by atoms with Crippen molar-refractivity contribution < 1.29 is 13.9 Å². The second-order valence-corrected chi connectivity index (χ2v) is 10.2. The van der Waals surface area contributed by atoms with E-state index in [-0.39, 0.29) is 11.9 Å². The summed E-state index contributed by atoms with van der Waals surface area (Å²) in [5.41, 5.74) is 1.28. The lowest BCUT2D eigenvalue weighted by Crippen LogP contribution is -2.41. The molecule has 0 aliphatic carbocycles. The van der Waals surface area contributed by atoms with E-state index in [4.69, 9.17) is 9.47 Å². The van der Waals surface area contributed by atoms with Crippen molar-refractivity contribution in [2.24, 2.45) is 0 Å². The topological polar surface area (TPSA) is 24.9 Å². The van der Waals surface area contributed by atoms with Gasteiger partial charge in [-0.1, -0.05) is 23.8 Å². The fraction of sp³-hybridized carbons (Fsp3) is 0.586. The Morgan fingerprint density at radius 2 is 1.18 bits per heavy atom. The standard InChI is InChI=1S/C15H23NO.C14H20FNO/c1-12(2)16-10-8-15(9-11-16)17-14-6-4-13(3)5-7-14;1-11(2)16-8-6-13(7-9-16)17-14-5-3-4-12(15)10-14/h4-7,12,15H,8-11H2,1-3H3;3-5,10-11,13H,6-9H2,1-2H3. The molecule has 2 aliphatic heterocycles. The number of hydrogen-bond acceptors (Lipinski definition) is 4. The number of likely N-dealkylation sites (tertiary alicyclic amines) is 2. The Morgan fingerprint density at radius 3 is 1.62 bits per heavy atom. The summed E-state index contributed by atoms with van der Waals surface area (Å²) in [4.78, 5) is 4.97. The fourth-order valence-electron chi connectivity index (χ4n) is 4.56. The molecule has 0 spiro atoms. The lowest BCUT2D eigenvalue weighted by atomic mass is 10.1. The van der Waals surface area contributed by atoms with Crippen LogP contribution in [0.2, 0.25) is 0 Å². The third-order valence-corrected chi connectivity index (χ3v) is 6.84. The Bertz CT molecular complexity index is 839. The Kier molecular flexibility index (Phi) is 10.2. The van der Waals surface area contributed by atoms with Crippen LogP contribution in [0.5, 0.6) is 11.5 Å². The largest absolute Gasteiger partial charge is 0.490 e. The van der Waals surface area contributed by atoms with Crippen molar-refractivity contribution in [3.8, 4) is 11.5 Å². The first-order valence-corrected chi connectivity index (χ1v) is 12.9. The van der Waals surface area contributed by atoms with Gasteiger partial charge in [-0.2, -0.15) is 0 Å².